The van der Waals surface area contributed by atoms with Gasteiger partial charge in [0.05, 0.1) is 5.38 Å². The Morgan fingerprint density at radius 2 is 1.33 bits per heavy atom. The van der Waals surface area contributed by atoms with Crippen LogP contribution in [0.15, 0.2) is 57.5 Å². The Balaban J connectivity index is 1.89. The molecule has 30 heavy (non-hydrogen) atoms. The minimum atomic E-state index is -0.866. The highest BCUT2D eigenvalue weighted by Crippen LogP contribution is 2.21. The van der Waals surface area contributed by atoms with Gasteiger partial charge in [-0.15, -0.1) is 23.2 Å². The standard InChI is InChI=1S/C20H20Br2Cl2N2O4/c1-2-16(23)18(30-20(28)26-15-9-5-13(22)6-10-15)17(24)11-29-19(27)25-14-7-3-12(21)4-8-14/h3-10,16-18H,2,11H2,1H3,(H,25,27)(H,26,28)/t16-,17+,18-/m1/s1. The Bertz CT molecular complexity index is 838. The molecule has 3 atom stereocenters. The maximum atomic E-state index is 12.3. The smallest absolute Gasteiger partial charge is 0.411 e. The number of alkyl halides is 2. The second kappa shape index (κ2) is 12.4. The van der Waals surface area contributed by atoms with Crippen molar-refractivity contribution in [2.24, 2.45) is 0 Å². The van der Waals surface area contributed by atoms with Crippen molar-refractivity contribution in [3.05, 3.63) is 57.5 Å². The van der Waals surface area contributed by atoms with Crippen molar-refractivity contribution in [2.75, 3.05) is 17.2 Å². The predicted octanol–water partition coefficient (Wildman–Crippen LogP) is 7.00. The summed E-state index contributed by atoms with van der Waals surface area (Å²) in [5, 5.41) is 3.81. The van der Waals surface area contributed by atoms with Crippen LogP contribution in [0.1, 0.15) is 13.3 Å². The summed E-state index contributed by atoms with van der Waals surface area (Å²) in [4.78, 5) is 24.2. The van der Waals surface area contributed by atoms with Crippen molar-refractivity contribution in [3.63, 3.8) is 0 Å². The van der Waals surface area contributed by atoms with Crippen molar-refractivity contribution < 1.29 is 19.1 Å². The van der Waals surface area contributed by atoms with E-state index in [0.29, 0.717) is 17.8 Å². The summed E-state index contributed by atoms with van der Waals surface area (Å²) in [6.45, 7) is 1.65. The highest BCUT2D eigenvalue weighted by molar-refractivity contribution is 9.10. The van der Waals surface area contributed by atoms with Crippen LogP contribution in [0.4, 0.5) is 21.0 Å². The Morgan fingerprint density at radius 3 is 1.80 bits per heavy atom. The number of anilines is 2. The summed E-state index contributed by atoms with van der Waals surface area (Å²) in [5.74, 6) is 0. The molecule has 0 heterocycles. The maximum absolute atomic E-state index is 12.3. The van der Waals surface area contributed by atoms with Gasteiger partial charge in [0.2, 0.25) is 0 Å². The van der Waals surface area contributed by atoms with E-state index in [9.17, 15) is 9.59 Å². The van der Waals surface area contributed by atoms with Crippen LogP contribution in [0, 0.1) is 0 Å². The van der Waals surface area contributed by atoms with Crippen LogP contribution in [-0.4, -0.2) is 35.7 Å². The molecule has 0 saturated carbocycles. The van der Waals surface area contributed by atoms with Gasteiger partial charge >= 0.3 is 12.2 Å². The lowest BCUT2D eigenvalue weighted by molar-refractivity contribution is 0.0848. The van der Waals surface area contributed by atoms with Gasteiger partial charge in [-0.3, -0.25) is 10.6 Å². The Hall–Kier alpha value is -1.48. The Kier molecular flexibility index (Phi) is 10.2. The average Bonchev–Trinajstić information content (AvgIpc) is 2.73. The summed E-state index contributed by atoms with van der Waals surface area (Å²) >= 11 is 19.3. The van der Waals surface area contributed by atoms with Crippen molar-refractivity contribution >= 4 is 78.6 Å². The number of rotatable bonds is 8. The number of benzene rings is 2. The number of hydrogen-bond acceptors (Lipinski definition) is 4. The fourth-order valence-electron chi connectivity index (χ4n) is 2.35. The molecule has 0 unspecified atom stereocenters. The van der Waals surface area contributed by atoms with Crippen LogP contribution < -0.4 is 10.6 Å². The van der Waals surface area contributed by atoms with Gasteiger partial charge in [-0.05, 0) is 55.0 Å². The van der Waals surface area contributed by atoms with Gasteiger partial charge in [0, 0.05) is 20.3 Å². The minimum Gasteiger partial charge on any atom is -0.448 e. The minimum absolute atomic E-state index is 0.191. The number of ether oxygens (including phenoxy) is 2. The van der Waals surface area contributed by atoms with E-state index in [1.807, 2.05) is 6.92 Å². The molecule has 0 aliphatic carbocycles. The van der Waals surface area contributed by atoms with E-state index >= 15 is 0 Å². The third kappa shape index (κ3) is 8.34. The van der Waals surface area contributed by atoms with Gasteiger partial charge in [0.1, 0.15) is 18.1 Å². The molecule has 2 aromatic carbocycles. The van der Waals surface area contributed by atoms with Crippen molar-refractivity contribution in [2.45, 2.75) is 30.2 Å². The van der Waals surface area contributed by atoms with E-state index in [1.165, 1.54) is 0 Å². The van der Waals surface area contributed by atoms with Crippen LogP contribution in [0.3, 0.4) is 0 Å². The van der Waals surface area contributed by atoms with Gasteiger partial charge in [-0.2, -0.15) is 0 Å². The van der Waals surface area contributed by atoms with Crippen molar-refractivity contribution in [1.82, 2.24) is 0 Å². The van der Waals surface area contributed by atoms with E-state index in [-0.39, 0.29) is 6.61 Å². The largest absolute Gasteiger partial charge is 0.448 e. The summed E-state index contributed by atoms with van der Waals surface area (Å²) in [6.07, 6.45) is -1.74. The zero-order valence-electron chi connectivity index (χ0n) is 15.9. The van der Waals surface area contributed by atoms with Crippen LogP contribution in [-0.2, 0) is 9.47 Å². The molecule has 0 aromatic heterocycles. The molecular weight excluding hydrogens is 563 g/mol. The summed E-state index contributed by atoms with van der Waals surface area (Å²) < 4.78 is 12.3. The fourth-order valence-corrected chi connectivity index (χ4v) is 3.47. The summed E-state index contributed by atoms with van der Waals surface area (Å²) in [6, 6.07) is 14.0. The SMILES string of the molecule is CC[C@@H](Cl)[C@@H](OC(=O)Nc1ccc(Br)cc1)[C@@H](Cl)COC(=O)Nc1ccc(Br)cc1. The molecule has 10 heteroatoms. The second-order valence-corrected chi connectivity index (χ2v) is 9.12. The molecule has 0 bridgehead atoms. The van der Waals surface area contributed by atoms with E-state index in [2.05, 4.69) is 42.5 Å². The van der Waals surface area contributed by atoms with Gasteiger partial charge < -0.3 is 9.47 Å². The fraction of sp³-hybridized carbons (Fsp3) is 0.300. The molecule has 2 N–H and O–H groups in total. The number of carbonyl (C=O) groups excluding carboxylic acids is 2. The highest BCUT2D eigenvalue weighted by atomic mass is 79.9. The lowest BCUT2D eigenvalue weighted by Crippen LogP contribution is -2.39. The molecule has 162 valence electrons. The number of hydrogen-bond donors (Lipinski definition) is 2. The Labute approximate surface area is 201 Å². The second-order valence-electron chi connectivity index (χ2n) is 6.17. The molecule has 2 aromatic rings. The quantitative estimate of drug-likeness (QED) is 0.329. The third-order valence-electron chi connectivity index (χ3n) is 3.90. The topological polar surface area (TPSA) is 76.7 Å². The maximum Gasteiger partial charge on any atom is 0.411 e. The molecule has 0 radical (unpaired) electrons. The van der Waals surface area contributed by atoms with Crippen molar-refractivity contribution in [3.8, 4) is 0 Å². The van der Waals surface area contributed by atoms with Gasteiger partial charge in [0.15, 0.2) is 0 Å². The van der Waals surface area contributed by atoms with Gasteiger partial charge in [-0.1, -0.05) is 38.8 Å². The molecule has 0 spiro atoms. The number of amides is 2. The zero-order chi connectivity index (χ0) is 22.1. The van der Waals surface area contributed by atoms with Crippen LogP contribution in [0.25, 0.3) is 0 Å². The molecule has 2 amide bonds. The first-order valence-corrected chi connectivity index (χ1v) is 11.4. The van der Waals surface area contributed by atoms with Gasteiger partial charge in [-0.25, -0.2) is 9.59 Å². The first-order chi connectivity index (χ1) is 14.3. The monoisotopic (exact) mass is 580 g/mol. The van der Waals surface area contributed by atoms with Crippen LogP contribution in [0.5, 0.6) is 0 Å². The lowest BCUT2D eigenvalue weighted by atomic mass is 10.1. The van der Waals surface area contributed by atoms with Gasteiger partial charge in [0.25, 0.3) is 0 Å². The van der Waals surface area contributed by atoms with Crippen LogP contribution >= 0.6 is 55.1 Å². The highest BCUT2D eigenvalue weighted by Gasteiger charge is 2.31. The average molecular weight is 583 g/mol. The molecule has 2 rings (SSSR count). The number of halogens is 4. The molecular formula is C20H20Br2Cl2N2O4. The van der Waals surface area contributed by atoms with E-state index in [0.717, 1.165) is 8.95 Å². The number of nitrogens with one attached hydrogen (secondary N) is 2. The molecule has 0 aliphatic rings. The lowest BCUT2D eigenvalue weighted by Gasteiger charge is -2.26. The molecule has 0 fully saturated rings. The summed E-state index contributed by atoms with van der Waals surface area (Å²) in [7, 11) is 0. The molecule has 0 saturated heterocycles. The van der Waals surface area contributed by atoms with Crippen LogP contribution in [0.2, 0.25) is 0 Å². The van der Waals surface area contributed by atoms with E-state index in [4.69, 9.17) is 32.7 Å². The molecule has 6 nitrogen and oxygen atoms in total. The normalized spacial score (nSPS) is 13.6. The first kappa shape index (κ1) is 24.8. The van der Waals surface area contributed by atoms with Crippen molar-refractivity contribution in [1.29, 1.82) is 0 Å². The zero-order valence-corrected chi connectivity index (χ0v) is 20.6. The summed E-state index contributed by atoms with van der Waals surface area (Å²) in [5.41, 5.74) is 1.13. The number of carbonyl (C=O) groups is 2. The third-order valence-corrected chi connectivity index (χ3v) is 5.89. The predicted molar refractivity (Wildman–Crippen MR) is 127 cm³/mol. The first-order valence-electron chi connectivity index (χ1n) is 8.99. The Morgan fingerprint density at radius 1 is 0.867 bits per heavy atom. The van der Waals surface area contributed by atoms with E-state index in [1.54, 1.807) is 48.5 Å². The van der Waals surface area contributed by atoms with E-state index < -0.39 is 29.0 Å². The molecule has 0 aliphatic heterocycles.